The fraction of sp³-hybridized carbons (Fsp3) is 0.458. The van der Waals surface area contributed by atoms with Crippen LogP contribution >= 0.6 is 0 Å². The minimum atomic E-state index is -0.0626. The minimum Gasteiger partial charge on any atom is -0.497 e. The van der Waals surface area contributed by atoms with Gasteiger partial charge in [-0.2, -0.15) is 0 Å². The molecule has 0 bridgehead atoms. The summed E-state index contributed by atoms with van der Waals surface area (Å²) in [7, 11) is 5.21. The van der Waals surface area contributed by atoms with E-state index in [4.69, 9.17) is 14.2 Å². The Balaban J connectivity index is 1.58. The predicted octanol–water partition coefficient (Wildman–Crippen LogP) is 3.00. The molecule has 1 fully saturated rings. The van der Waals surface area contributed by atoms with Crippen LogP contribution in [0.25, 0.3) is 0 Å². The number of carbonyl (C=O) groups is 1. The lowest BCUT2D eigenvalue weighted by Gasteiger charge is -2.38. The second-order valence-electron chi connectivity index (χ2n) is 7.89. The summed E-state index contributed by atoms with van der Waals surface area (Å²) in [6.07, 6.45) is 1.83. The largest absolute Gasteiger partial charge is 0.497 e. The molecule has 0 saturated carbocycles. The first kappa shape index (κ1) is 22.1. The molecule has 6 heteroatoms. The number of nitrogens with one attached hydrogen (secondary N) is 1. The van der Waals surface area contributed by atoms with Crippen molar-refractivity contribution in [1.82, 2.24) is 10.2 Å². The van der Waals surface area contributed by atoms with Crippen LogP contribution in [0, 0.1) is 0 Å². The number of hydrogen-bond acceptors (Lipinski definition) is 5. The van der Waals surface area contributed by atoms with Gasteiger partial charge in [-0.25, -0.2) is 0 Å². The zero-order valence-corrected chi connectivity index (χ0v) is 18.1. The van der Waals surface area contributed by atoms with Crippen LogP contribution in [0.15, 0.2) is 48.5 Å². The average Bonchev–Trinajstić information content (AvgIpc) is 2.79. The molecule has 1 aliphatic heterocycles. The van der Waals surface area contributed by atoms with E-state index in [9.17, 15) is 4.79 Å². The topological polar surface area (TPSA) is 60.0 Å². The van der Waals surface area contributed by atoms with Crippen molar-refractivity contribution < 1.29 is 19.0 Å². The van der Waals surface area contributed by atoms with E-state index in [1.165, 1.54) is 5.56 Å². The van der Waals surface area contributed by atoms with Crippen LogP contribution in [0.2, 0.25) is 0 Å². The predicted molar refractivity (Wildman–Crippen MR) is 117 cm³/mol. The normalized spacial score (nSPS) is 15.6. The molecule has 0 atom stereocenters. The molecule has 0 spiro atoms. The average molecular weight is 413 g/mol. The van der Waals surface area contributed by atoms with Gasteiger partial charge in [-0.3, -0.25) is 9.69 Å². The Hall–Kier alpha value is -2.57. The number of carbonyl (C=O) groups excluding carboxylic acids is 1. The number of amides is 1. The van der Waals surface area contributed by atoms with Gasteiger partial charge >= 0.3 is 0 Å². The quantitative estimate of drug-likeness (QED) is 0.686. The molecule has 0 radical (unpaired) electrons. The molecule has 30 heavy (non-hydrogen) atoms. The van der Waals surface area contributed by atoms with Gasteiger partial charge in [0, 0.05) is 43.3 Å². The Morgan fingerprint density at radius 3 is 2.50 bits per heavy atom. The molecule has 2 aromatic carbocycles. The number of rotatable bonds is 9. The van der Waals surface area contributed by atoms with Gasteiger partial charge in [-0.05, 0) is 31.5 Å². The minimum absolute atomic E-state index is 0.0202. The highest BCUT2D eigenvalue weighted by molar-refractivity contribution is 5.78. The molecule has 1 heterocycles. The van der Waals surface area contributed by atoms with E-state index in [0.717, 1.165) is 43.1 Å². The Kier molecular flexibility index (Phi) is 7.71. The molecular weight excluding hydrogens is 380 g/mol. The lowest BCUT2D eigenvalue weighted by atomic mass is 9.74. The summed E-state index contributed by atoms with van der Waals surface area (Å²) in [5, 5.41) is 3.17. The molecule has 2 aromatic rings. The third kappa shape index (κ3) is 5.52. The van der Waals surface area contributed by atoms with E-state index < -0.39 is 0 Å². The van der Waals surface area contributed by atoms with Gasteiger partial charge < -0.3 is 19.5 Å². The maximum atomic E-state index is 12.7. The van der Waals surface area contributed by atoms with Gasteiger partial charge in [0.2, 0.25) is 5.91 Å². The second-order valence-corrected chi connectivity index (χ2v) is 7.89. The Labute approximate surface area is 179 Å². The fourth-order valence-corrected chi connectivity index (χ4v) is 4.02. The molecule has 0 unspecified atom stereocenters. The smallest absolute Gasteiger partial charge is 0.234 e. The zero-order chi connectivity index (χ0) is 21.4. The number of methoxy groups -OCH3 is 2. The van der Waals surface area contributed by atoms with Gasteiger partial charge in [0.1, 0.15) is 11.5 Å². The molecule has 1 saturated heterocycles. The van der Waals surface area contributed by atoms with Crippen molar-refractivity contribution in [1.29, 1.82) is 0 Å². The zero-order valence-electron chi connectivity index (χ0n) is 18.1. The van der Waals surface area contributed by atoms with Gasteiger partial charge in [0.15, 0.2) is 0 Å². The monoisotopic (exact) mass is 412 g/mol. The van der Waals surface area contributed by atoms with Gasteiger partial charge in [0.25, 0.3) is 0 Å². The second kappa shape index (κ2) is 10.5. The van der Waals surface area contributed by atoms with E-state index in [2.05, 4.69) is 29.6 Å². The first-order valence-corrected chi connectivity index (χ1v) is 10.4. The first-order valence-electron chi connectivity index (χ1n) is 10.4. The van der Waals surface area contributed by atoms with E-state index in [-0.39, 0.29) is 11.3 Å². The summed E-state index contributed by atoms with van der Waals surface area (Å²) < 4.78 is 16.3. The number of ether oxygens (including phenoxy) is 3. The van der Waals surface area contributed by atoms with Crippen molar-refractivity contribution in [2.24, 2.45) is 0 Å². The van der Waals surface area contributed by atoms with Crippen LogP contribution in [0.1, 0.15) is 24.0 Å². The molecule has 0 aliphatic carbocycles. The summed E-state index contributed by atoms with van der Waals surface area (Å²) in [5.41, 5.74) is 2.22. The van der Waals surface area contributed by atoms with Crippen LogP contribution < -0.4 is 14.8 Å². The van der Waals surface area contributed by atoms with Gasteiger partial charge in [-0.15, -0.1) is 0 Å². The standard InChI is InChI=1S/C24H32N2O4/c1-26(16-19-9-10-21(28-2)15-22(19)29-3)17-23(27)25-18-24(11-13-30-14-12-24)20-7-5-4-6-8-20/h4-10,15H,11-14,16-18H2,1-3H3,(H,25,27). The Bertz CT molecular complexity index is 819. The summed E-state index contributed by atoms with van der Waals surface area (Å²) in [5.74, 6) is 1.53. The van der Waals surface area contributed by atoms with Crippen LogP contribution in [-0.4, -0.2) is 58.4 Å². The summed E-state index contributed by atoms with van der Waals surface area (Å²) in [6, 6.07) is 16.2. The summed E-state index contributed by atoms with van der Waals surface area (Å²) in [6.45, 7) is 3.00. The summed E-state index contributed by atoms with van der Waals surface area (Å²) >= 11 is 0. The highest BCUT2D eigenvalue weighted by atomic mass is 16.5. The van der Waals surface area contributed by atoms with Crippen LogP contribution in [0.4, 0.5) is 0 Å². The van der Waals surface area contributed by atoms with Crippen molar-refractivity contribution >= 4 is 5.91 Å². The van der Waals surface area contributed by atoms with Gasteiger partial charge in [-0.1, -0.05) is 36.4 Å². The highest BCUT2D eigenvalue weighted by Crippen LogP contribution is 2.34. The fourth-order valence-electron chi connectivity index (χ4n) is 4.02. The van der Waals surface area contributed by atoms with Crippen molar-refractivity contribution in [3.63, 3.8) is 0 Å². The lowest BCUT2D eigenvalue weighted by Crippen LogP contribution is -2.46. The maximum Gasteiger partial charge on any atom is 0.234 e. The Morgan fingerprint density at radius 2 is 1.83 bits per heavy atom. The summed E-state index contributed by atoms with van der Waals surface area (Å²) in [4.78, 5) is 14.7. The van der Waals surface area contributed by atoms with E-state index in [1.54, 1.807) is 14.2 Å². The third-order valence-corrected chi connectivity index (χ3v) is 5.81. The van der Waals surface area contributed by atoms with Gasteiger partial charge in [0.05, 0.1) is 20.8 Å². The van der Waals surface area contributed by atoms with Crippen molar-refractivity contribution in [2.75, 3.05) is 47.6 Å². The van der Waals surface area contributed by atoms with Crippen molar-refractivity contribution in [2.45, 2.75) is 24.8 Å². The van der Waals surface area contributed by atoms with Crippen molar-refractivity contribution in [3.8, 4) is 11.5 Å². The molecule has 1 aliphatic rings. The lowest BCUT2D eigenvalue weighted by molar-refractivity contribution is -0.122. The number of benzene rings is 2. The van der Waals surface area contributed by atoms with E-state index >= 15 is 0 Å². The highest BCUT2D eigenvalue weighted by Gasteiger charge is 2.34. The molecular formula is C24H32N2O4. The van der Waals surface area contributed by atoms with Crippen LogP contribution in [0.5, 0.6) is 11.5 Å². The first-order chi connectivity index (χ1) is 14.6. The molecule has 1 amide bonds. The maximum absolute atomic E-state index is 12.7. The molecule has 1 N–H and O–H groups in total. The Morgan fingerprint density at radius 1 is 1.10 bits per heavy atom. The molecule has 3 rings (SSSR count). The number of likely N-dealkylation sites (N-methyl/N-ethyl adjacent to an activating group) is 1. The third-order valence-electron chi connectivity index (χ3n) is 5.81. The van der Waals surface area contributed by atoms with E-state index in [0.29, 0.717) is 19.6 Å². The van der Waals surface area contributed by atoms with Crippen LogP contribution in [-0.2, 0) is 21.5 Å². The molecule has 0 aromatic heterocycles. The number of hydrogen-bond donors (Lipinski definition) is 1. The van der Waals surface area contributed by atoms with Crippen LogP contribution in [0.3, 0.4) is 0 Å². The molecule has 6 nitrogen and oxygen atoms in total. The molecule has 162 valence electrons. The SMILES string of the molecule is COc1ccc(CN(C)CC(=O)NCC2(c3ccccc3)CCOCC2)c(OC)c1. The number of nitrogens with zero attached hydrogens (tertiary/aromatic N) is 1. The van der Waals surface area contributed by atoms with E-state index in [1.807, 2.05) is 36.2 Å². The van der Waals surface area contributed by atoms with Crippen molar-refractivity contribution in [3.05, 3.63) is 59.7 Å².